The molecule has 1 heterocycles. The maximum absolute atomic E-state index is 14.0. The first-order valence-electron chi connectivity index (χ1n) is 12.9. The molecule has 1 atom stereocenters. The Balaban J connectivity index is 1.94. The Kier molecular flexibility index (Phi) is 7.99. The molecular weight excluding hydrogens is 446 g/mol. The van der Waals surface area contributed by atoms with Crippen molar-refractivity contribution in [3.63, 3.8) is 0 Å². The minimum absolute atomic E-state index is 0.0192. The topological polar surface area (TPSA) is 55.2 Å². The van der Waals surface area contributed by atoms with Crippen molar-refractivity contribution in [2.75, 3.05) is 6.54 Å². The second-order valence-corrected chi connectivity index (χ2v) is 9.41. The Hall–Kier alpha value is -3.73. The molecule has 1 unspecified atom stereocenters. The van der Waals surface area contributed by atoms with E-state index in [1.165, 1.54) is 0 Å². The third-order valence-corrected chi connectivity index (χ3v) is 6.76. The first-order valence-corrected chi connectivity index (χ1v) is 12.9. The van der Waals surface area contributed by atoms with Gasteiger partial charge in [0, 0.05) is 12.1 Å². The Morgan fingerprint density at radius 3 is 2.42 bits per heavy atom. The van der Waals surface area contributed by atoms with Gasteiger partial charge in [0.05, 0.1) is 22.6 Å². The van der Waals surface area contributed by atoms with Gasteiger partial charge in [0.25, 0.3) is 11.5 Å². The zero-order chi connectivity index (χ0) is 25.7. The number of aromatic nitrogens is 2. The number of benzene rings is 3. The summed E-state index contributed by atoms with van der Waals surface area (Å²) in [6, 6.07) is 22.7. The van der Waals surface area contributed by atoms with E-state index in [1.807, 2.05) is 91.5 Å². The van der Waals surface area contributed by atoms with E-state index < -0.39 is 0 Å². The van der Waals surface area contributed by atoms with E-state index in [1.54, 1.807) is 4.57 Å². The lowest BCUT2D eigenvalue weighted by Crippen LogP contribution is -2.39. The van der Waals surface area contributed by atoms with Crippen molar-refractivity contribution in [3.05, 3.63) is 106 Å². The van der Waals surface area contributed by atoms with Crippen LogP contribution in [0.15, 0.2) is 77.6 Å². The molecule has 36 heavy (non-hydrogen) atoms. The highest BCUT2D eigenvalue weighted by molar-refractivity contribution is 5.96. The van der Waals surface area contributed by atoms with Gasteiger partial charge in [-0.1, -0.05) is 69.2 Å². The molecule has 1 amide bonds. The van der Waals surface area contributed by atoms with Gasteiger partial charge < -0.3 is 4.90 Å². The van der Waals surface area contributed by atoms with Gasteiger partial charge in [0.1, 0.15) is 5.82 Å². The van der Waals surface area contributed by atoms with Crippen LogP contribution in [0.5, 0.6) is 0 Å². The lowest BCUT2D eigenvalue weighted by Gasteiger charge is -2.33. The molecule has 0 aliphatic heterocycles. The van der Waals surface area contributed by atoms with Crippen LogP contribution in [0.3, 0.4) is 0 Å². The Bertz CT molecular complexity index is 1420. The van der Waals surface area contributed by atoms with E-state index in [-0.39, 0.29) is 17.5 Å². The zero-order valence-electron chi connectivity index (χ0n) is 21.7. The van der Waals surface area contributed by atoms with E-state index in [0.29, 0.717) is 35.3 Å². The van der Waals surface area contributed by atoms with Crippen molar-refractivity contribution in [1.82, 2.24) is 14.5 Å². The maximum atomic E-state index is 14.0. The monoisotopic (exact) mass is 481 g/mol. The SMILES string of the molecule is CCCCCN(C(=O)c1ccccc1C)C(CC)c1nc2ccccc2c(=O)n1-c1cccc(C)c1. The molecular formula is C31H35N3O2. The predicted octanol–water partition coefficient (Wildman–Crippen LogP) is 6.79. The third kappa shape index (κ3) is 5.11. The average Bonchev–Trinajstić information content (AvgIpc) is 2.88. The van der Waals surface area contributed by atoms with Gasteiger partial charge in [-0.05, 0) is 68.1 Å². The van der Waals surface area contributed by atoms with Gasteiger partial charge in [0.2, 0.25) is 0 Å². The fourth-order valence-electron chi connectivity index (χ4n) is 4.83. The van der Waals surface area contributed by atoms with E-state index in [9.17, 15) is 9.59 Å². The number of hydrogen-bond acceptors (Lipinski definition) is 3. The fraction of sp³-hybridized carbons (Fsp3) is 0.323. The van der Waals surface area contributed by atoms with Crippen LogP contribution in [0.4, 0.5) is 0 Å². The molecule has 186 valence electrons. The number of rotatable bonds is 9. The van der Waals surface area contributed by atoms with Crippen LogP contribution >= 0.6 is 0 Å². The van der Waals surface area contributed by atoms with Crippen LogP contribution in [-0.4, -0.2) is 26.9 Å². The second kappa shape index (κ2) is 11.3. The number of nitrogens with zero attached hydrogens (tertiary/aromatic N) is 3. The summed E-state index contributed by atoms with van der Waals surface area (Å²) < 4.78 is 1.71. The minimum Gasteiger partial charge on any atom is -0.328 e. The zero-order valence-corrected chi connectivity index (χ0v) is 21.7. The summed E-state index contributed by atoms with van der Waals surface area (Å²) in [5, 5.41) is 0.570. The summed E-state index contributed by atoms with van der Waals surface area (Å²) in [5.41, 5.74) is 4.00. The molecule has 0 radical (unpaired) electrons. The van der Waals surface area contributed by atoms with Crippen LogP contribution in [0.1, 0.15) is 72.9 Å². The van der Waals surface area contributed by atoms with E-state index in [0.717, 1.165) is 36.1 Å². The van der Waals surface area contributed by atoms with Crippen LogP contribution in [0, 0.1) is 13.8 Å². The second-order valence-electron chi connectivity index (χ2n) is 9.41. The number of amides is 1. The average molecular weight is 482 g/mol. The number of hydrogen-bond donors (Lipinski definition) is 0. The van der Waals surface area contributed by atoms with Gasteiger partial charge in [-0.25, -0.2) is 4.98 Å². The van der Waals surface area contributed by atoms with Gasteiger partial charge in [0.15, 0.2) is 0 Å². The molecule has 0 bridgehead atoms. The predicted molar refractivity (Wildman–Crippen MR) is 147 cm³/mol. The summed E-state index contributed by atoms with van der Waals surface area (Å²) in [6.45, 7) is 8.81. The fourth-order valence-corrected chi connectivity index (χ4v) is 4.83. The highest BCUT2D eigenvalue weighted by atomic mass is 16.2. The molecule has 0 saturated carbocycles. The summed E-state index contributed by atoms with van der Waals surface area (Å²) in [6.07, 6.45) is 3.63. The van der Waals surface area contributed by atoms with Crippen molar-refractivity contribution < 1.29 is 4.79 Å². The minimum atomic E-state index is -0.355. The number of aryl methyl sites for hydroxylation is 2. The van der Waals surface area contributed by atoms with Crippen molar-refractivity contribution in [1.29, 1.82) is 0 Å². The van der Waals surface area contributed by atoms with E-state index in [2.05, 4.69) is 13.8 Å². The Labute approximate surface area is 213 Å². The van der Waals surface area contributed by atoms with E-state index >= 15 is 0 Å². The summed E-state index contributed by atoms with van der Waals surface area (Å²) in [7, 11) is 0. The summed E-state index contributed by atoms with van der Waals surface area (Å²) in [5.74, 6) is 0.583. The smallest absolute Gasteiger partial charge is 0.266 e. The number of unbranched alkanes of at least 4 members (excludes halogenated alkanes) is 2. The van der Waals surface area contributed by atoms with Gasteiger partial charge in [-0.3, -0.25) is 14.2 Å². The number of fused-ring (bicyclic) bond motifs is 1. The van der Waals surface area contributed by atoms with Crippen molar-refractivity contribution in [2.24, 2.45) is 0 Å². The summed E-state index contributed by atoms with van der Waals surface area (Å²) >= 11 is 0. The van der Waals surface area contributed by atoms with Crippen molar-refractivity contribution in [2.45, 2.75) is 59.4 Å². The molecule has 4 rings (SSSR count). The number of carbonyl (C=O) groups excluding carboxylic acids is 1. The molecule has 0 aliphatic rings. The highest BCUT2D eigenvalue weighted by Gasteiger charge is 2.30. The molecule has 5 heteroatoms. The summed E-state index contributed by atoms with van der Waals surface area (Å²) in [4.78, 5) is 34.8. The highest BCUT2D eigenvalue weighted by Crippen LogP contribution is 2.29. The first kappa shape index (κ1) is 25.4. The molecule has 0 fully saturated rings. The van der Waals surface area contributed by atoms with Gasteiger partial charge >= 0.3 is 0 Å². The molecule has 0 N–H and O–H groups in total. The molecule has 0 aliphatic carbocycles. The lowest BCUT2D eigenvalue weighted by molar-refractivity contribution is 0.0654. The quantitative estimate of drug-likeness (QED) is 0.247. The molecule has 4 aromatic rings. The largest absolute Gasteiger partial charge is 0.328 e. The van der Waals surface area contributed by atoms with Crippen LogP contribution in [-0.2, 0) is 0 Å². The van der Waals surface area contributed by atoms with Crippen LogP contribution < -0.4 is 5.56 Å². The maximum Gasteiger partial charge on any atom is 0.266 e. The molecule has 1 aromatic heterocycles. The Morgan fingerprint density at radius 2 is 1.69 bits per heavy atom. The van der Waals surface area contributed by atoms with E-state index in [4.69, 9.17) is 4.98 Å². The van der Waals surface area contributed by atoms with Gasteiger partial charge in [-0.2, -0.15) is 0 Å². The lowest BCUT2D eigenvalue weighted by atomic mass is 10.0. The van der Waals surface area contributed by atoms with Crippen molar-refractivity contribution in [3.8, 4) is 5.69 Å². The van der Waals surface area contributed by atoms with Crippen LogP contribution in [0.25, 0.3) is 16.6 Å². The molecule has 3 aromatic carbocycles. The third-order valence-electron chi connectivity index (χ3n) is 6.76. The first-order chi connectivity index (χ1) is 17.5. The normalized spacial score (nSPS) is 12.0. The van der Waals surface area contributed by atoms with Crippen molar-refractivity contribution >= 4 is 16.8 Å². The standard InChI is InChI=1S/C31H35N3O2/c1-5-7-12-20-33(30(35)25-17-9-8-15-23(25)4)28(6-2)29-32-27-19-11-10-18-26(27)31(36)34(29)24-16-13-14-22(3)21-24/h8-11,13-19,21,28H,5-7,12,20H2,1-4H3. The molecule has 5 nitrogen and oxygen atoms in total. The Morgan fingerprint density at radius 1 is 0.944 bits per heavy atom. The number of para-hydroxylation sites is 1. The molecule has 0 spiro atoms. The molecule has 0 saturated heterocycles. The number of carbonyl (C=O) groups is 1. The van der Waals surface area contributed by atoms with Gasteiger partial charge in [-0.15, -0.1) is 0 Å². The van der Waals surface area contributed by atoms with Crippen LogP contribution in [0.2, 0.25) is 0 Å².